The van der Waals surface area contributed by atoms with Gasteiger partial charge in [0.25, 0.3) is 0 Å². The van der Waals surface area contributed by atoms with E-state index < -0.39 is 0 Å². The van der Waals surface area contributed by atoms with E-state index in [1.54, 1.807) is 7.11 Å². The first-order chi connectivity index (χ1) is 3.84. The number of esters is 1. The predicted octanol–water partition coefficient (Wildman–Crippen LogP) is -0.194. The first-order valence-corrected chi connectivity index (χ1v) is 2.50. The molecule has 1 aliphatic heterocycles. The van der Waals surface area contributed by atoms with E-state index in [0.717, 1.165) is 0 Å². The highest BCUT2D eigenvalue weighted by Crippen LogP contribution is 2.11. The molecule has 0 aromatic rings. The van der Waals surface area contributed by atoms with E-state index in [4.69, 9.17) is 4.74 Å². The molecule has 46 valence electrons. The van der Waals surface area contributed by atoms with E-state index in [1.807, 2.05) is 0 Å². The Balaban J connectivity index is 2.17. The number of ether oxygens (including phenoxy) is 2. The molecule has 0 amide bonds. The number of hydrogen-bond donors (Lipinski definition) is 0. The Kier molecular flexibility index (Phi) is 1.48. The highest BCUT2D eigenvalue weighted by Gasteiger charge is 2.30. The van der Waals surface area contributed by atoms with Gasteiger partial charge >= 0.3 is 5.97 Å². The third kappa shape index (κ3) is 0.816. The van der Waals surface area contributed by atoms with Crippen molar-refractivity contribution in [2.24, 2.45) is 5.92 Å². The van der Waals surface area contributed by atoms with Gasteiger partial charge in [-0.15, -0.1) is 0 Å². The molecule has 0 N–H and O–H groups in total. The fourth-order valence-corrected chi connectivity index (χ4v) is 0.587. The van der Waals surface area contributed by atoms with Gasteiger partial charge in [-0.1, -0.05) is 0 Å². The monoisotopic (exact) mass is 116 g/mol. The summed E-state index contributed by atoms with van der Waals surface area (Å²) in [6, 6.07) is 0. The van der Waals surface area contributed by atoms with Crippen LogP contribution in [0.1, 0.15) is 0 Å². The molecule has 0 radical (unpaired) electrons. The first-order valence-electron chi connectivity index (χ1n) is 2.50. The minimum atomic E-state index is -0.133. The van der Waals surface area contributed by atoms with Gasteiger partial charge in [0.2, 0.25) is 0 Å². The maximum absolute atomic E-state index is 10.3. The van der Waals surface area contributed by atoms with Gasteiger partial charge in [-0.25, -0.2) is 0 Å². The molecule has 1 heterocycles. The molecule has 0 aromatic heterocycles. The minimum Gasteiger partial charge on any atom is -0.464 e. The molecule has 3 heteroatoms. The van der Waals surface area contributed by atoms with Crippen molar-refractivity contribution in [1.82, 2.24) is 0 Å². The van der Waals surface area contributed by atoms with Crippen molar-refractivity contribution < 1.29 is 14.3 Å². The van der Waals surface area contributed by atoms with Crippen LogP contribution in [0.5, 0.6) is 0 Å². The summed E-state index contributed by atoms with van der Waals surface area (Å²) in [5.74, 6) is -0.119. The van der Waals surface area contributed by atoms with Crippen LogP contribution in [0.25, 0.3) is 0 Å². The van der Waals surface area contributed by atoms with Crippen molar-refractivity contribution in [3.8, 4) is 0 Å². The third-order valence-corrected chi connectivity index (χ3v) is 1.13. The number of rotatable bonds is 2. The van der Waals surface area contributed by atoms with E-state index in [-0.39, 0.29) is 11.9 Å². The second-order valence-electron chi connectivity index (χ2n) is 1.78. The minimum absolute atomic E-state index is 0.0139. The second-order valence-corrected chi connectivity index (χ2v) is 1.78. The van der Waals surface area contributed by atoms with Gasteiger partial charge in [-0.2, -0.15) is 0 Å². The maximum Gasteiger partial charge on any atom is 0.314 e. The van der Waals surface area contributed by atoms with Crippen molar-refractivity contribution in [2.75, 3.05) is 20.3 Å². The van der Waals surface area contributed by atoms with Gasteiger partial charge in [0, 0.05) is 7.11 Å². The van der Waals surface area contributed by atoms with E-state index >= 15 is 0 Å². The Morgan fingerprint density at radius 2 is 2.75 bits per heavy atom. The van der Waals surface area contributed by atoms with Crippen LogP contribution in [-0.4, -0.2) is 26.3 Å². The summed E-state index contributed by atoms with van der Waals surface area (Å²) in [5.41, 5.74) is 0. The topological polar surface area (TPSA) is 35.5 Å². The predicted molar refractivity (Wildman–Crippen MR) is 26.3 cm³/mol. The summed E-state index contributed by atoms with van der Waals surface area (Å²) in [6.45, 7) is 1.03. The average Bonchev–Trinajstić information content (AvgIpc) is 1.79. The molecule has 0 saturated carbocycles. The summed E-state index contributed by atoms with van der Waals surface area (Å²) in [7, 11) is 1.58. The summed E-state index contributed by atoms with van der Waals surface area (Å²) >= 11 is 0. The zero-order valence-electron chi connectivity index (χ0n) is 4.72. The normalized spacial score (nSPS) is 26.6. The van der Waals surface area contributed by atoms with Crippen LogP contribution in [0, 0.1) is 5.92 Å². The highest BCUT2D eigenvalue weighted by molar-refractivity contribution is 5.77. The molecule has 8 heavy (non-hydrogen) atoms. The van der Waals surface area contributed by atoms with Crippen molar-refractivity contribution in [1.29, 1.82) is 0 Å². The molecule has 1 saturated heterocycles. The van der Waals surface area contributed by atoms with Gasteiger partial charge in [0.15, 0.2) is 0 Å². The van der Waals surface area contributed by atoms with Crippen molar-refractivity contribution >= 4 is 5.97 Å². The Morgan fingerprint density at radius 1 is 2.00 bits per heavy atom. The molecule has 0 aromatic carbocycles. The van der Waals surface area contributed by atoms with Crippen LogP contribution in [0.2, 0.25) is 0 Å². The third-order valence-electron chi connectivity index (χ3n) is 1.13. The maximum atomic E-state index is 10.3. The second kappa shape index (κ2) is 2.13. The van der Waals surface area contributed by atoms with Crippen molar-refractivity contribution in [2.45, 2.75) is 0 Å². The van der Waals surface area contributed by atoms with Crippen LogP contribution in [0.15, 0.2) is 0 Å². The summed E-state index contributed by atoms with van der Waals surface area (Å²) in [5, 5.41) is 0. The van der Waals surface area contributed by atoms with E-state index in [9.17, 15) is 4.79 Å². The number of hydrogen-bond acceptors (Lipinski definition) is 3. The standard InChI is InChI=1S/C5H8O3/c1-7-2-4-3-8-5(4)6/h4H,2-3H2,1H3. The summed E-state index contributed by atoms with van der Waals surface area (Å²) < 4.78 is 9.19. The molecule has 0 bridgehead atoms. The molecule has 1 fully saturated rings. The fraction of sp³-hybridized carbons (Fsp3) is 0.800. The lowest BCUT2D eigenvalue weighted by Crippen LogP contribution is -2.37. The van der Waals surface area contributed by atoms with Crippen LogP contribution in [0.3, 0.4) is 0 Å². The van der Waals surface area contributed by atoms with Crippen LogP contribution < -0.4 is 0 Å². The number of carbonyl (C=O) groups excluding carboxylic acids is 1. The van der Waals surface area contributed by atoms with Gasteiger partial charge in [-0.3, -0.25) is 4.79 Å². The van der Waals surface area contributed by atoms with E-state index in [1.165, 1.54) is 0 Å². The zero-order chi connectivity index (χ0) is 5.98. The number of methoxy groups -OCH3 is 1. The van der Waals surface area contributed by atoms with Crippen molar-refractivity contribution in [3.63, 3.8) is 0 Å². The summed E-state index contributed by atoms with van der Waals surface area (Å²) in [4.78, 5) is 10.3. The Hall–Kier alpha value is -0.570. The molecule has 1 unspecified atom stereocenters. The lowest BCUT2D eigenvalue weighted by molar-refractivity contribution is -0.172. The van der Waals surface area contributed by atoms with Gasteiger partial charge in [0.05, 0.1) is 6.61 Å². The Bertz CT molecular complexity index is 99.8. The molecule has 0 aliphatic carbocycles. The molecular weight excluding hydrogens is 108 g/mol. The smallest absolute Gasteiger partial charge is 0.314 e. The van der Waals surface area contributed by atoms with E-state index in [0.29, 0.717) is 13.2 Å². The fourth-order valence-electron chi connectivity index (χ4n) is 0.587. The SMILES string of the molecule is COCC1COC1=O. The Morgan fingerprint density at radius 3 is 2.88 bits per heavy atom. The molecule has 0 spiro atoms. The van der Waals surface area contributed by atoms with Gasteiger partial charge < -0.3 is 9.47 Å². The number of cyclic esters (lactones) is 1. The molecule has 1 rings (SSSR count). The summed E-state index contributed by atoms with van der Waals surface area (Å²) in [6.07, 6.45) is 0. The number of carbonyl (C=O) groups is 1. The van der Waals surface area contributed by atoms with Crippen molar-refractivity contribution in [3.05, 3.63) is 0 Å². The zero-order valence-corrected chi connectivity index (χ0v) is 4.72. The van der Waals surface area contributed by atoms with Gasteiger partial charge in [-0.05, 0) is 0 Å². The van der Waals surface area contributed by atoms with Crippen LogP contribution >= 0.6 is 0 Å². The highest BCUT2D eigenvalue weighted by atomic mass is 16.6. The first kappa shape index (κ1) is 5.56. The molecule has 1 aliphatic rings. The van der Waals surface area contributed by atoms with Gasteiger partial charge in [0.1, 0.15) is 12.5 Å². The van der Waals surface area contributed by atoms with E-state index in [2.05, 4.69) is 4.74 Å². The average molecular weight is 116 g/mol. The molecular formula is C5H8O3. The lowest BCUT2D eigenvalue weighted by atomic mass is 10.1. The van der Waals surface area contributed by atoms with Crippen LogP contribution in [0.4, 0.5) is 0 Å². The molecule has 1 atom stereocenters. The van der Waals surface area contributed by atoms with Crippen LogP contribution in [-0.2, 0) is 14.3 Å². The largest absolute Gasteiger partial charge is 0.464 e. The Labute approximate surface area is 47.6 Å². The lowest BCUT2D eigenvalue weighted by Gasteiger charge is -2.22. The quantitative estimate of drug-likeness (QED) is 0.469. The molecule has 3 nitrogen and oxygen atoms in total.